The summed E-state index contributed by atoms with van der Waals surface area (Å²) in [4.78, 5) is 10.7. The Morgan fingerprint density at radius 1 is 1.62 bits per heavy atom. The van der Waals surface area contributed by atoms with Gasteiger partial charge in [0.1, 0.15) is 6.29 Å². The fourth-order valence-corrected chi connectivity index (χ4v) is 1.86. The molecule has 0 amide bonds. The van der Waals surface area contributed by atoms with Crippen LogP contribution in [0.5, 0.6) is 0 Å². The van der Waals surface area contributed by atoms with Crippen LogP contribution in [0.1, 0.15) is 17.2 Å². The van der Waals surface area contributed by atoms with Gasteiger partial charge in [0, 0.05) is 22.8 Å². The Balaban J connectivity index is 2.61. The molecule has 13 heavy (non-hydrogen) atoms. The van der Waals surface area contributed by atoms with Gasteiger partial charge in [0.05, 0.1) is 6.04 Å². The lowest BCUT2D eigenvalue weighted by Gasteiger charge is -2.07. The lowest BCUT2D eigenvalue weighted by molar-refractivity contribution is -0.109. The standard InChI is InChI=1S/C9H9ClN2O/c10-6-1-2-7(11)9-5(6)3-12-8(9)4-13/h1-2,4,8,12H,3,11H2. The third-order valence-corrected chi connectivity index (χ3v) is 2.63. The van der Waals surface area contributed by atoms with Gasteiger partial charge in [-0.15, -0.1) is 0 Å². The molecule has 4 heteroatoms. The van der Waals surface area contributed by atoms with Crippen molar-refractivity contribution in [1.82, 2.24) is 5.32 Å². The van der Waals surface area contributed by atoms with E-state index in [0.717, 1.165) is 17.4 Å². The molecule has 0 bridgehead atoms. The van der Waals surface area contributed by atoms with Crippen molar-refractivity contribution in [3.05, 3.63) is 28.3 Å². The van der Waals surface area contributed by atoms with Crippen LogP contribution in [0.25, 0.3) is 0 Å². The van der Waals surface area contributed by atoms with Crippen molar-refractivity contribution in [3.63, 3.8) is 0 Å². The summed E-state index contributed by atoms with van der Waals surface area (Å²) in [6.07, 6.45) is 0.846. The molecule has 68 valence electrons. The number of nitrogens with two attached hydrogens (primary N) is 1. The predicted octanol–water partition coefficient (Wildman–Crippen LogP) is 1.27. The van der Waals surface area contributed by atoms with E-state index in [1.807, 2.05) is 0 Å². The van der Waals surface area contributed by atoms with E-state index in [4.69, 9.17) is 17.3 Å². The number of carbonyl (C=O) groups is 1. The highest BCUT2D eigenvalue weighted by atomic mass is 35.5. The number of aldehydes is 1. The maximum absolute atomic E-state index is 10.7. The number of carbonyl (C=O) groups excluding carboxylic acids is 1. The Morgan fingerprint density at radius 3 is 3.08 bits per heavy atom. The second-order valence-electron chi connectivity index (χ2n) is 3.02. The van der Waals surface area contributed by atoms with Gasteiger partial charge in [-0.05, 0) is 17.7 Å². The molecule has 1 atom stereocenters. The summed E-state index contributed by atoms with van der Waals surface area (Å²) in [6.45, 7) is 0.614. The maximum Gasteiger partial charge on any atom is 0.141 e. The number of hydrogen-bond acceptors (Lipinski definition) is 3. The fraction of sp³-hybridized carbons (Fsp3) is 0.222. The normalized spacial score (nSPS) is 19.9. The average molecular weight is 197 g/mol. The van der Waals surface area contributed by atoms with Crippen LogP contribution in [-0.4, -0.2) is 6.29 Å². The molecule has 0 saturated carbocycles. The summed E-state index contributed by atoms with van der Waals surface area (Å²) in [5, 5.41) is 3.69. The number of hydrogen-bond donors (Lipinski definition) is 2. The van der Waals surface area contributed by atoms with Crippen LogP contribution in [0.15, 0.2) is 12.1 Å². The van der Waals surface area contributed by atoms with Crippen LogP contribution >= 0.6 is 11.6 Å². The fourth-order valence-electron chi connectivity index (χ4n) is 1.63. The van der Waals surface area contributed by atoms with Crippen molar-refractivity contribution in [2.24, 2.45) is 0 Å². The Kier molecular flexibility index (Phi) is 1.98. The highest BCUT2D eigenvalue weighted by Crippen LogP contribution is 2.33. The highest BCUT2D eigenvalue weighted by molar-refractivity contribution is 6.31. The van der Waals surface area contributed by atoms with Gasteiger partial charge in [-0.1, -0.05) is 11.6 Å². The van der Waals surface area contributed by atoms with Crippen LogP contribution < -0.4 is 11.1 Å². The van der Waals surface area contributed by atoms with Gasteiger partial charge in [-0.25, -0.2) is 0 Å². The van der Waals surface area contributed by atoms with E-state index in [1.165, 1.54) is 0 Å². The topological polar surface area (TPSA) is 55.1 Å². The van der Waals surface area contributed by atoms with Crippen molar-refractivity contribution in [2.45, 2.75) is 12.6 Å². The zero-order valence-corrected chi connectivity index (χ0v) is 7.64. The first-order valence-corrected chi connectivity index (χ1v) is 4.37. The van der Waals surface area contributed by atoms with Crippen LogP contribution in [-0.2, 0) is 11.3 Å². The Labute approximate surface area is 80.9 Å². The lowest BCUT2D eigenvalue weighted by atomic mass is 10.0. The molecule has 0 aromatic heterocycles. The summed E-state index contributed by atoms with van der Waals surface area (Å²) < 4.78 is 0. The third-order valence-electron chi connectivity index (χ3n) is 2.28. The molecular weight excluding hydrogens is 188 g/mol. The van der Waals surface area contributed by atoms with Crippen molar-refractivity contribution >= 4 is 23.6 Å². The van der Waals surface area contributed by atoms with Gasteiger partial charge in [0.25, 0.3) is 0 Å². The van der Waals surface area contributed by atoms with Gasteiger partial charge >= 0.3 is 0 Å². The van der Waals surface area contributed by atoms with Crippen LogP contribution in [0.4, 0.5) is 5.69 Å². The molecule has 1 aromatic rings. The number of fused-ring (bicyclic) bond motifs is 1. The molecule has 0 aliphatic carbocycles. The van der Waals surface area contributed by atoms with E-state index >= 15 is 0 Å². The molecule has 1 unspecified atom stereocenters. The molecule has 3 nitrogen and oxygen atoms in total. The molecule has 1 aliphatic heterocycles. The molecule has 0 fully saturated rings. The lowest BCUT2D eigenvalue weighted by Crippen LogP contribution is -2.13. The summed E-state index contributed by atoms with van der Waals surface area (Å²) in [7, 11) is 0. The van der Waals surface area contributed by atoms with Crippen molar-refractivity contribution in [1.29, 1.82) is 0 Å². The Bertz CT molecular complexity index is 365. The number of benzene rings is 1. The first-order chi connectivity index (χ1) is 6.24. The summed E-state index contributed by atoms with van der Waals surface area (Å²) >= 11 is 5.95. The monoisotopic (exact) mass is 196 g/mol. The zero-order valence-electron chi connectivity index (χ0n) is 6.88. The van der Waals surface area contributed by atoms with E-state index < -0.39 is 0 Å². The summed E-state index contributed by atoms with van der Waals surface area (Å²) in [5.41, 5.74) is 8.15. The van der Waals surface area contributed by atoms with E-state index in [9.17, 15) is 4.79 Å². The number of rotatable bonds is 1. The Hall–Kier alpha value is -1.06. The minimum Gasteiger partial charge on any atom is -0.398 e. The Morgan fingerprint density at radius 2 is 2.38 bits per heavy atom. The number of nitrogens with one attached hydrogen (secondary N) is 1. The first-order valence-electron chi connectivity index (χ1n) is 3.99. The number of nitrogen functional groups attached to an aromatic ring is 1. The molecule has 3 N–H and O–H groups in total. The molecule has 0 spiro atoms. The number of anilines is 1. The van der Waals surface area contributed by atoms with Gasteiger partial charge in [0.2, 0.25) is 0 Å². The van der Waals surface area contributed by atoms with E-state index in [1.54, 1.807) is 12.1 Å². The minimum absolute atomic E-state index is 0.298. The average Bonchev–Trinajstić information content (AvgIpc) is 2.56. The molecule has 2 rings (SSSR count). The van der Waals surface area contributed by atoms with Crippen molar-refractivity contribution in [2.75, 3.05) is 5.73 Å². The van der Waals surface area contributed by atoms with E-state index in [2.05, 4.69) is 5.32 Å². The second kappa shape index (κ2) is 3.01. The van der Waals surface area contributed by atoms with E-state index in [0.29, 0.717) is 17.3 Å². The molecule has 1 heterocycles. The number of halogens is 1. The van der Waals surface area contributed by atoms with Gasteiger partial charge < -0.3 is 10.5 Å². The first kappa shape index (κ1) is 8.53. The van der Waals surface area contributed by atoms with Crippen molar-refractivity contribution < 1.29 is 4.79 Å². The largest absolute Gasteiger partial charge is 0.398 e. The van der Waals surface area contributed by atoms with Crippen LogP contribution in [0.2, 0.25) is 5.02 Å². The smallest absolute Gasteiger partial charge is 0.141 e. The summed E-state index contributed by atoms with van der Waals surface area (Å²) in [5.74, 6) is 0. The van der Waals surface area contributed by atoms with Crippen LogP contribution in [0.3, 0.4) is 0 Å². The highest BCUT2D eigenvalue weighted by Gasteiger charge is 2.25. The zero-order chi connectivity index (χ0) is 9.42. The predicted molar refractivity (Wildman–Crippen MR) is 51.5 cm³/mol. The third kappa shape index (κ3) is 1.20. The maximum atomic E-state index is 10.7. The molecular formula is C9H9ClN2O. The quantitative estimate of drug-likeness (QED) is 0.525. The minimum atomic E-state index is -0.298. The van der Waals surface area contributed by atoms with Crippen LogP contribution in [0, 0.1) is 0 Å². The van der Waals surface area contributed by atoms with Gasteiger partial charge in [0.15, 0.2) is 0 Å². The SMILES string of the molecule is Nc1ccc(Cl)c2c1C(C=O)NC2. The van der Waals surface area contributed by atoms with Gasteiger partial charge in [-0.2, -0.15) is 0 Å². The van der Waals surface area contributed by atoms with Gasteiger partial charge in [-0.3, -0.25) is 5.32 Å². The van der Waals surface area contributed by atoms with E-state index in [-0.39, 0.29) is 6.04 Å². The molecule has 1 aliphatic rings. The molecule has 1 aromatic carbocycles. The molecule has 0 radical (unpaired) electrons. The second-order valence-corrected chi connectivity index (χ2v) is 3.43. The molecule has 0 saturated heterocycles. The summed E-state index contributed by atoms with van der Waals surface area (Å²) in [6, 6.07) is 3.18. The van der Waals surface area contributed by atoms with Crippen molar-refractivity contribution in [3.8, 4) is 0 Å².